The van der Waals surface area contributed by atoms with Gasteiger partial charge in [-0.2, -0.15) is 0 Å². The van der Waals surface area contributed by atoms with Gasteiger partial charge in [0.05, 0.1) is 28.9 Å². The van der Waals surface area contributed by atoms with Gasteiger partial charge in [0, 0.05) is 0 Å². The Kier molecular flexibility index (Phi) is 4.94. The molecule has 0 bridgehead atoms. The lowest BCUT2D eigenvalue weighted by Gasteiger charge is -2.10. The average Bonchev–Trinajstić information content (AvgIpc) is 3.04. The summed E-state index contributed by atoms with van der Waals surface area (Å²) in [5.41, 5.74) is 6.24. The predicted octanol–water partition coefficient (Wildman–Crippen LogP) is 4.31. The zero-order chi connectivity index (χ0) is 20.3. The summed E-state index contributed by atoms with van der Waals surface area (Å²) in [7, 11) is 0. The first-order valence-corrected chi connectivity index (χ1v) is 10.5. The first kappa shape index (κ1) is 18.4. The van der Waals surface area contributed by atoms with Crippen LogP contribution >= 0.6 is 11.8 Å². The monoisotopic (exact) mass is 414 g/mol. The number of amides is 1. The fourth-order valence-electron chi connectivity index (χ4n) is 3.34. The molecule has 0 unspecified atom stereocenters. The molecule has 0 spiro atoms. The lowest BCUT2D eigenvalue weighted by molar-refractivity contribution is 0.0955. The molecule has 1 aliphatic rings. The van der Waals surface area contributed by atoms with E-state index >= 15 is 0 Å². The normalized spacial score (nSPS) is 13.2. The van der Waals surface area contributed by atoms with Crippen LogP contribution in [0.3, 0.4) is 0 Å². The van der Waals surface area contributed by atoms with Crippen LogP contribution in [-0.2, 0) is 6.54 Å². The van der Waals surface area contributed by atoms with Crippen molar-refractivity contribution < 1.29 is 9.53 Å². The Morgan fingerprint density at radius 1 is 0.933 bits per heavy atom. The van der Waals surface area contributed by atoms with Gasteiger partial charge in [-0.3, -0.25) is 4.79 Å². The van der Waals surface area contributed by atoms with E-state index in [1.807, 2.05) is 42.5 Å². The highest BCUT2D eigenvalue weighted by Crippen LogP contribution is 2.27. The van der Waals surface area contributed by atoms with Crippen molar-refractivity contribution in [2.45, 2.75) is 11.7 Å². The standard InChI is InChI=1S/C23H18N4O2S/c28-22-17-10-4-7-13-20(17)29-21(25-26-22)15-30-23-24-18-11-5-6-12-19(18)27(23)14-16-8-2-1-3-9-16/h1-13H,14-15H2,(H,26,28). The molecule has 30 heavy (non-hydrogen) atoms. The van der Waals surface area contributed by atoms with Crippen molar-refractivity contribution in [3.63, 3.8) is 0 Å². The first-order chi connectivity index (χ1) is 14.8. The van der Waals surface area contributed by atoms with Crippen LogP contribution in [0.4, 0.5) is 0 Å². The molecule has 0 fully saturated rings. The smallest absolute Gasteiger partial charge is 0.275 e. The third-order valence-corrected chi connectivity index (χ3v) is 5.73. The van der Waals surface area contributed by atoms with Gasteiger partial charge in [0.1, 0.15) is 5.75 Å². The number of para-hydroxylation sites is 3. The first-order valence-electron chi connectivity index (χ1n) is 9.54. The summed E-state index contributed by atoms with van der Waals surface area (Å²) >= 11 is 1.53. The van der Waals surface area contributed by atoms with E-state index < -0.39 is 0 Å². The molecular formula is C23H18N4O2S. The minimum absolute atomic E-state index is 0.276. The van der Waals surface area contributed by atoms with Crippen molar-refractivity contribution in [2.24, 2.45) is 5.10 Å². The van der Waals surface area contributed by atoms with Crippen LogP contribution in [0.5, 0.6) is 5.75 Å². The number of imidazole rings is 1. The van der Waals surface area contributed by atoms with Gasteiger partial charge in [-0.25, -0.2) is 10.4 Å². The van der Waals surface area contributed by atoms with E-state index in [9.17, 15) is 4.79 Å². The molecule has 0 atom stereocenters. The SMILES string of the molecule is O=C1NN=C(CSc2nc3ccccc3n2Cc2ccccc2)Oc2ccccc21. The Morgan fingerprint density at radius 3 is 2.60 bits per heavy atom. The van der Waals surface area contributed by atoms with Gasteiger partial charge in [-0.05, 0) is 29.8 Å². The number of rotatable bonds is 5. The van der Waals surface area contributed by atoms with Crippen LogP contribution in [-0.4, -0.2) is 27.1 Å². The zero-order valence-electron chi connectivity index (χ0n) is 16.0. The molecule has 7 heteroatoms. The van der Waals surface area contributed by atoms with Crippen molar-refractivity contribution in [3.05, 3.63) is 90.0 Å². The number of nitrogens with zero attached hydrogens (tertiary/aromatic N) is 3. The molecule has 1 amide bonds. The van der Waals surface area contributed by atoms with Crippen LogP contribution in [0, 0.1) is 0 Å². The Bertz CT molecular complexity index is 1250. The number of fused-ring (bicyclic) bond motifs is 2. The van der Waals surface area contributed by atoms with Crippen molar-refractivity contribution in [2.75, 3.05) is 5.75 Å². The minimum atomic E-state index is -0.276. The molecule has 3 aromatic carbocycles. The largest absolute Gasteiger partial charge is 0.440 e. The molecule has 0 aliphatic carbocycles. The van der Waals surface area contributed by atoms with Gasteiger partial charge in [-0.15, -0.1) is 5.10 Å². The molecule has 1 aliphatic heterocycles. The summed E-state index contributed by atoms with van der Waals surface area (Å²) in [4.78, 5) is 17.0. The molecule has 1 aromatic heterocycles. The summed E-state index contributed by atoms with van der Waals surface area (Å²) in [5, 5.41) is 5.01. The quantitative estimate of drug-likeness (QED) is 0.494. The molecule has 1 N–H and O–H groups in total. The summed E-state index contributed by atoms with van der Waals surface area (Å²) in [6.07, 6.45) is 0. The number of carbonyl (C=O) groups is 1. The van der Waals surface area contributed by atoms with E-state index in [1.165, 1.54) is 17.3 Å². The maximum Gasteiger partial charge on any atom is 0.275 e. The highest BCUT2D eigenvalue weighted by atomic mass is 32.2. The van der Waals surface area contributed by atoms with Gasteiger partial charge in [0.15, 0.2) is 5.16 Å². The van der Waals surface area contributed by atoms with Crippen molar-refractivity contribution in [3.8, 4) is 5.75 Å². The van der Waals surface area contributed by atoms with E-state index in [-0.39, 0.29) is 5.91 Å². The number of thioether (sulfide) groups is 1. The van der Waals surface area contributed by atoms with Gasteiger partial charge in [0.2, 0.25) is 5.90 Å². The van der Waals surface area contributed by atoms with Crippen LogP contribution in [0.1, 0.15) is 15.9 Å². The van der Waals surface area contributed by atoms with Crippen molar-refractivity contribution in [1.82, 2.24) is 15.0 Å². The van der Waals surface area contributed by atoms with Gasteiger partial charge < -0.3 is 9.30 Å². The Morgan fingerprint density at radius 2 is 1.70 bits per heavy atom. The second-order valence-corrected chi connectivity index (χ2v) is 7.73. The second kappa shape index (κ2) is 8.04. The molecule has 0 saturated carbocycles. The number of hydrazone groups is 1. The number of ether oxygens (including phenoxy) is 1. The molecule has 2 heterocycles. The Balaban J connectivity index is 1.42. The third kappa shape index (κ3) is 3.67. The summed E-state index contributed by atoms with van der Waals surface area (Å²) in [6, 6.07) is 25.5. The highest BCUT2D eigenvalue weighted by molar-refractivity contribution is 7.99. The number of benzene rings is 3. The van der Waals surface area contributed by atoms with Crippen LogP contribution in [0.25, 0.3) is 11.0 Å². The maximum atomic E-state index is 12.2. The van der Waals surface area contributed by atoms with E-state index in [0.29, 0.717) is 23.0 Å². The van der Waals surface area contributed by atoms with E-state index in [4.69, 9.17) is 9.72 Å². The summed E-state index contributed by atoms with van der Waals surface area (Å²) < 4.78 is 8.08. The number of nitrogens with one attached hydrogen (secondary N) is 1. The van der Waals surface area contributed by atoms with Gasteiger partial charge in [0.25, 0.3) is 5.91 Å². The fraction of sp³-hybridized carbons (Fsp3) is 0.0870. The molecule has 4 aromatic rings. The van der Waals surface area contributed by atoms with E-state index in [0.717, 1.165) is 22.7 Å². The average molecular weight is 414 g/mol. The topological polar surface area (TPSA) is 68.5 Å². The van der Waals surface area contributed by atoms with Gasteiger partial charge in [-0.1, -0.05) is 66.4 Å². The number of hydrogen-bond donors (Lipinski definition) is 1. The second-order valence-electron chi connectivity index (χ2n) is 6.79. The highest BCUT2D eigenvalue weighted by Gasteiger charge is 2.19. The molecule has 0 radical (unpaired) electrons. The Hall–Kier alpha value is -3.58. The van der Waals surface area contributed by atoms with E-state index in [1.54, 1.807) is 18.2 Å². The van der Waals surface area contributed by atoms with Crippen LogP contribution in [0.15, 0.2) is 89.1 Å². The van der Waals surface area contributed by atoms with Gasteiger partial charge >= 0.3 is 0 Å². The molecule has 5 rings (SSSR count). The van der Waals surface area contributed by atoms with Crippen molar-refractivity contribution >= 4 is 34.6 Å². The Labute approximate surface area is 177 Å². The summed E-state index contributed by atoms with van der Waals surface area (Å²) in [5.74, 6) is 1.09. The number of hydrogen-bond acceptors (Lipinski definition) is 5. The molecule has 0 saturated heterocycles. The zero-order valence-corrected chi connectivity index (χ0v) is 16.8. The molecule has 6 nitrogen and oxygen atoms in total. The van der Waals surface area contributed by atoms with Crippen LogP contribution in [0.2, 0.25) is 0 Å². The lowest BCUT2D eigenvalue weighted by atomic mass is 10.2. The predicted molar refractivity (Wildman–Crippen MR) is 118 cm³/mol. The van der Waals surface area contributed by atoms with Crippen LogP contribution < -0.4 is 10.2 Å². The van der Waals surface area contributed by atoms with E-state index in [2.05, 4.69) is 33.3 Å². The maximum absolute atomic E-state index is 12.2. The minimum Gasteiger partial charge on any atom is -0.440 e. The third-order valence-electron chi connectivity index (χ3n) is 4.77. The van der Waals surface area contributed by atoms with Crippen molar-refractivity contribution in [1.29, 1.82) is 0 Å². The number of carbonyl (C=O) groups excluding carboxylic acids is 1. The molecular weight excluding hydrogens is 396 g/mol. The molecule has 148 valence electrons. The number of aromatic nitrogens is 2. The fourth-order valence-corrected chi connectivity index (χ4v) is 4.19. The lowest BCUT2D eigenvalue weighted by Crippen LogP contribution is -2.18. The summed E-state index contributed by atoms with van der Waals surface area (Å²) in [6.45, 7) is 0.719.